The molecule has 0 saturated heterocycles. The summed E-state index contributed by atoms with van der Waals surface area (Å²) in [6, 6.07) is 0. The third-order valence-electron chi connectivity index (χ3n) is 12.3. The highest BCUT2D eigenvalue weighted by Crippen LogP contribution is 2.48. The van der Waals surface area contributed by atoms with Gasteiger partial charge in [0.2, 0.25) is 0 Å². The van der Waals surface area contributed by atoms with Crippen LogP contribution in [0.1, 0.15) is 162 Å². The predicted octanol–water partition coefficient (Wildman–Crippen LogP) is 11.8. The molecule has 7 unspecified atom stereocenters. The highest BCUT2D eigenvalue weighted by Gasteiger charge is 2.46. The lowest BCUT2D eigenvalue weighted by molar-refractivity contribution is -0.0486. The molecule has 4 fully saturated rings. The van der Waals surface area contributed by atoms with Crippen molar-refractivity contribution in [3.63, 3.8) is 0 Å². The number of alkyl halides is 3. The van der Waals surface area contributed by atoms with Crippen LogP contribution >= 0.6 is 0 Å². The zero-order valence-corrected chi connectivity index (χ0v) is 26.9. The molecule has 0 radical (unpaired) electrons. The highest BCUT2D eigenvalue weighted by molar-refractivity contribution is 4.95. The van der Waals surface area contributed by atoms with E-state index in [1.807, 2.05) is 0 Å². The molecule has 0 aromatic carbocycles. The SMILES string of the molecule is CCCCCCC1CCC(CCCC2CCC(C3CCC(C4CCC(OCCCC)CC4)C(F)C3F)CC2)C(F)C1. The Balaban J connectivity index is 1.09. The minimum absolute atomic E-state index is 0.0691. The third kappa shape index (κ3) is 10.1. The molecule has 4 saturated carbocycles. The standard InChI is InChI=1S/C37H65F3O/c1-3-5-7-8-10-28-15-18-31(35(38)26-28)12-9-11-27-13-16-29(17-14-27)33-23-24-34(37(40)36(33)39)30-19-21-32(22-20-30)41-25-6-4-2/h27-37H,3-26H2,1-2H3. The molecule has 1 nitrogen and oxygen atoms in total. The molecule has 0 spiro atoms. The Morgan fingerprint density at radius 2 is 1.12 bits per heavy atom. The maximum absolute atomic E-state index is 15.6. The van der Waals surface area contributed by atoms with Crippen molar-refractivity contribution < 1.29 is 17.9 Å². The molecule has 4 aliphatic carbocycles. The average molecular weight is 583 g/mol. The van der Waals surface area contributed by atoms with Crippen LogP contribution in [0, 0.1) is 41.4 Å². The summed E-state index contributed by atoms with van der Waals surface area (Å²) in [5.74, 6) is 2.18. The van der Waals surface area contributed by atoms with Crippen LogP contribution in [0.15, 0.2) is 0 Å². The lowest BCUT2D eigenvalue weighted by Gasteiger charge is -2.44. The first-order chi connectivity index (χ1) is 20.0. The fourth-order valence-corrected chi connectivity index (χ4v) is 9.53. The van der Waals surface area contributed by atoms with Gasteiger partial charge in [0.15, 0.2) is 0 Å². The molecule has 0 bridgehead atoms. The fourth-order valence-electron chi connectivity index (χ4n) is 9.53. The van der Waals surface area contributed by atoms with E-state index in [-0.39, 0.29) is 17.8 Å². The van der Waals surface area contributed by atoms with Gasteiger partial charge in [-0.15, -0.1) is 0 Å². The Bertz CT molecular complexity index is 686. The number of ether oxygens (including phenoxy) is 1. The Hall–Kier alpha value is -0.250. The normalized spacial score (nSPS) is 40.5. The molecular formula is C37H65F3O. The van der Waals surface area contributed by atoms with Crippen LogP contribution < -0.4 is 0 Å². The van der Waals surface area contributed by atoms with Crippen molar-refractivity contribution in [3.8, 4) is 0 Å². The van der Waals surface area contributed by atoms with Gasteiger partial charge in [-0.2, -0.15) is 0 Å². The summed E-state index contributed by atoms with van der Waals surface area (Å²) in [5, 5.41) is 0. The number of halogens is 3. The van der Waals surface area contributed by atoms with Crippen LogP contribution in [0.25, 0.3) is 0 Å². The second-order valence-corrected chi connectivity index (χ2v) is 15.1. The molecule has 0 aromatic rings. The second kappa shape index (κ2) is 17.9. The van der Waals surface area contributed by atoms with Gasteiger partial charge in [0.05, 0.1) is 6.10 Å². The summed E-state index contributed by atoms with van der Waals surface area (Å²) in [7, 11) is 0. The van der Waals surface area contributed by atoms with E-state index in [4.69, 9.17) is 4.74 Å². The molecule has 0 heterocycles. The number of rotatable bonds is 15. The first-order valence-electron chi connectivity index (χ1n) is 18.5. The van der Waals surface area contributed by atoms with Gasteiger partial charge in [-0.3, -0.25) is 0 Å². The van der Waals surface area contributed by atoms with Gasteiger partial charge in [-0.1, -0.05) is 78.1 Å². The number of hydrogen-bond donors (Lipinski definition) is 0. The van der Waals surface area contributed by atoms with Crippen LogP contribution in [0.4, 0.5) is 13.2 Å². The van der Waals surface area contributed by atoms with E-state index in [2.05, 4.69) is 13.8 Å². The molecule has 0 aliphatic heterocycles. The van der Waals surface area contributed by atoms with Crippen molar-refractivity contribution in [2.45, 2.75) is 186 Å². The van der Waals surface area contributed by atoms with Crippen LogP contribution in [-0.4, -0.2) is 31.2 Å². The average Bonchev–Trinajstić information content (AvgIpc) is 2.99. The summed E-state index contributed by atoms with van der Waals surface area (Å²) in [4.78, 5) is 0. The van der Waals surface area contributed by atoms with E-state index in [1.54, 1.807) is 0 Å². The van der Waals surface area contributed by atoms with Gasteiger partial charge in [-0.05, 0) is 125 Å². The van der Waals surface area contributed by atoms with Crippen LogP contribution in [-0.2, 0) is 4.74 Å². The summed E-state index contributed by atoms with van der Waals surface area (Å²) >= 11 is 0. The maximum Gasteiger partial charge on any atom is 0.134 e. The van der Waals surface area contributed by atoms with E-state index < -0.39 is 18.5 Å². The van der Waals surface area contributed by atoms with Gasteiger partial charge in [0.1, 0.15) is 18.5 Å². The van der Waals surface area contributed by atoms with Crippen LogP contribution in [0.2, 0.25) is 0 Å². The fraction of sp³-hybridized carbons (Fsp3) is 1.00. The summed E-state index contributed by atoms with van der Waals surface area (Å²) in [6.45, 7) is 5.27. The number of hydrogen-bond acceptors (Lipinski definition) is 1. The van der Waals surface area contributed by atoms with Crippen molar-refractivity contribution in [2.75, 3.05) is 6.61 Å². The maximum atomic E-state index is 15.6. The summed E-state index contributed by atoms with van der Waals surface area (Å²) in [5.41, 5.74) is 0. The zero-order valence-electron chi connectivity index (χ0n) is 26.9. The van der Waals surface area contributed by atoms with E-state index >= 15 is 8.78 Å². The molecule has 41 heavy (non-hydrogen) atoms. The molecule has 4 heteroatoms. The van der Waals surface area contributed by atoms with Crippen molar-refractivity contribution in [2.24, 2.45) is 41.4 Å². The molecule has 7 atom stereocenters. The lowest BCUT2D eigenvalue weighted by atomic mass is 9.64. The van der Waals surface area contributed by atoms with Gasteiger partial charge < -0.3 is 4.74 Å². The highest BCUT2D eigenvalue weighted by atomic mass is 19.2. The quantitative estimate of drug-likeness (QED) is 0.175. The molecule has 4 aliphatic rings. The minimum Gasteiger partial charge on any atom is -0.378 e. The topological polar surface area (TPSA) is 9.23 Å². The Labute approximate surface area is 251 Å². The smallest absolute Gasteiger partial charge is 0.134 e. The van der Waals surface area contributed by atoms with Crippen molar-refractivity contribution in [3.05, 3.63) is 0 Å². The van der Waals surface area contributed by atoms with E-state index in [1.165, 1.54) is 57.8 Å². The summed E-state index contributed by atoms with van der Waals surface area (Å²) < 4.78 is 52.0. The predicted molar refractivity (Wildman–Crippen MR) is 166 cm³/mol. The van der Waals surface area contributed by atoms with Crippen molar-refractivity contribution in [1.82, 2.24) is 0 Å². The van der Waals surface area contributed by atoms with E-state index in [0.717, 1.165) is 96.5 Å². The van der Waals surface area contributed by atoms with Crippen LogP contribution in [0.3, 0.4) is 0 Å². The van der Waals surface area contributed by atoms with Crippen molar-refractivity contribution in [1.29, 1.82) is 0 Å². The van der Waals surface area contributed by atoms with Gasteiger partial charge in [-0.25, -0.2) is 13.2 Å². The first-order valence-corrected chi connectivity index (χ1v) is 18.5. The second-order valence-electron chi connectivity index (χ2n) is 15.1. The monoisotopic (exact) mass is 582 g/mol. The largest absolute Gasteiger partial charge is 0.378 e. The van der Waals surface area contributed by atoms with Gasteiger partial charge in [0.25, 0.3) is 0 Å². The molecular weight excluding hydrogens is 517 g/mol. The van der Waals surface area contributed by atoms with Gasteiger partial charge >= 0.3 is 0 Å². The van der Waals surface area contributed by atoms with E-state index in [0.29, 0.717) is 29.8 Å². The third-order valence-corrected chi connectivity index (χ3v) is 12.3. The van der Waals surface area contributed by atoms with Crippen LogP contribution in [0.5, 0.6) is 0 Å². The number of unbranched alkanes of at least 4 members (excludes halogenated alkanes) is 4. The molecule has 0 amide bonds. The Morgan fingerprint density at radius 1 is 0.537 bits per heavy atom. The lowest BCUT2D eigenvalue weighted by Crippen LogP contribution is -2.45. The van der Waals surface area contributed by atoms with Crippen molar-refractivity contribution >= 4 is 0 Å². The molecule has 4 rings (SSSR count). The molecule has 0 N–H and O–H groups in total. The minimum atomic E-state index is -1.27. The molecule has 0 aromatic heterocycles. The first kappa shape index (κ1) is 33.6. The van der Waals surface area contributed by atoms with E-state index in [9.17, 15) is 4.39 Å². The van der Waals surface area contributed by atoms with Gasteiger partial charge in [0, 0.05) is 6.61 Å². The Morgan fingerprint density at radius 3 is 1.73 bits per heavy atom. The Kier molecular flexibility index (Phi) is 14.7. The zero-order chi connectivity index (χ0) is 29.0. The summed E-state index contributed by atoms with van der Waals surface area (Å²) in [6.07, 6.45) is 22.7. The molecule has 240 valence electrons.